The van der Waals surface area contributed by atoms with Crippen molar-refractivity contribution in [2.75, 3.05) is 0 Å². The Bertz CT molecular complexity index is 82.0. The van der Waals surface area contributed by atoms with Gasteiger partial charge in [0.15, 0.2) is 0 Å². The molecule has 59 valence electrons. The van der Waals surface area contributed by atoms with Crippen molar-refractivity contribution in [1.82, 2.24) is 0 Å². The van der Waals surface area contributed by atoms with Crippen molar-refractivity contribution >= 4 is 0 Å². The summed E-state index contributed by atoms with van der Waals surface area (Å²) in [6.45, 7) is 8.21. The van der Waals surface area contributed by atoms with E-state index in [1.54, 1.807) is 0 Å². The van der Waals surface area contributed by atoms with E-state index in [9.17, 15) is 0 Å². The van der Waals surface area contributed by atoms with Crippen molar-refractivity contribution in [3.05, 3.63) is 19.1 Å². The highest BCUT2D eigenvalue weighted by Gasteiger charge is 1.96. The van der Waals surface area contributed by atoms with E-state index in [2.05, 4.69) is 26.8 Å². The van der Waals surface area contributed by atoms with Gasteiger partial charge in [0, 0.05) is 0 Å². The van der Waals surface area contributed by atoms with Gasteiger partial charge in [-0.3, -0.25) is 0 Å². The lowest BCUT2D eigenvalue weighted by Crippen LogP contribution is -1.91. The summed E-state index contributed by atoms with van der Waals surface area (Å²) in [4.78, 5) is 0. The molecule has 0 N–H and O–H groups in total. The van der Waals surface area contributed by atoms with E-state index in [0.29, 0.717) is 0 Å². The van der Waals surface area contributed by atoms with Crippen LogP contribution in [0.3, 0.4) is 0 Å². The Morgan fingerprint density at radius 3 is 2.60 bits per heavy atom. The van der Waals surface area contributed by atoms with Crippen LogP contribution in [0.15, 0.2) is 12.2 Å². The Morgan fingerprint density at radius 1 is 1.40 bits per heavy atom. The molecule has 0 aromatic rings. The molecule has 0 heterocycles. The monoisotopic (exact) mass is 139 g/mol. The van der Waals surface area contributed by atoms with Gasteiger partial charge in [0.2, 0.25) is 0 Å². The average Bonchev–Trinajstić information content (AvgIpc) is 1.89. The second-order valence-corrected chi connectivity index (χ2v) is 2.94. The first kappa shape index (κ1) is 9.74. The summed E-state index contributed by atoms with van der Waals surface area (Å²) in [6.07, 6.45) is 9.23. The second kappa shape index (κ2) is 6.85. The van der Waals surface area contributed by atoms with E-state index in [1.165, 1.54) is 25.7 Å². The lowest BCUT2D eigenvalue weighted by molar-refractivity contribution is 0.491. The summed E-state index contributed by atoms with van der Waals surface area (Å²) >= 11 is 0. The lowest BCUT2D eigenvalue weighted by atomic mass is 10.0. The van der Waals surface area contributed by atoms with Gasteiger partial charge in [-0.05, 0) is 25.7 Å². The molecule has 10 heavy (non-hydrogen) atoms. The molecule has 0 bridgehead atoms. The van der Waals surface area contributed by atoms with Crippen LogP contribution in [-0.2, 0) is 0 Å². The molecule has 0 spiro atoms. The first-order chi connectivity index (χ1) is 4.81. The summed E-state index contributed by atoms with van der Waals surface area (Å²) in [5, 5.41) is 0. The molecule has 1 radical (unpaired) electrons. The SMILES string of the molecule is [CH2]C=CCCC(C)CCC. The minimum Gasteiger partial charge on any atom is -0.0885 e. The van der Waals surface area contributed by atoms with Gasteiger partial charge in [0.25, 0.3) is 0 Å². The van der Waals surface area contributed by atoms with Gasteiger partial charge in [-0.25, -0.2) is 0 Å². The zero-order valence-electron chi connectivity index (χ0n) is 7.27. The Kier molecular flexibility index (Phi) is 6.68. The van der Waals surface area contributed by atoms with Gasteiger partial charge in [0.05, 0.1) is 0 Å². The number of hydrogen-bond donors (Lipinski definition) is 0. The molecule has 0 aliphatic rings. The first-order valence-corrected chi connectivity index (χ1v) is 4.25. The van der Waals surface area contributed by atoms with Gasteiger partial charge >= 0.3 is 0 Å². The van der Waals surface area contributed by atoms with Gasteiger partial charge in [0.1, 0.15) is 0 Å². The minimum atomic E-state index is 0.890. The standard InChI is InChI=1S/C10H19/c1-4-6-7-9-10(3)8-5-2/h4,6,10H,1,5,7-9H2,2-3H3. The van der Waals surface area contributed by atoms with Crippen LogP contribution in [-0.4, -0.2) is 0 Å². The highest BCUT2D eigenvalue weighted by Crippen LogP contribution is 2.11. The number of allylic oxidation sites excluding steroid dienone is 2. The van der Waals surface area contributed by atoms with Crippen LogP contribution in [0.25, 0.3) is 0 Å². The van der Waals surface area contributed by atoms with Crippen LogP contribution in [0.5, 0.6) is 0 Å². The predicted octanol–water partition coefficient (Wildman–Crippen LogP) is 3.59. The van der Waals surface area contributed by atoms with Crippen molar-refractivity contribution in [2.24, 2.45) is 5.92 Å². The highest BCUT2D eigenvalue weighted by atomic mass is 14.0. The van der Waals surface area contributed by atoms with E-state index < -0.39 is 0 Å². The van der Waals surface area contributed by atoms with Crippen molar-refractivity contribution < 1.29 is 0 Å². The summed E-state index contributed by atoms with van der Waals surface area (Å²) in [7, 11) is 0. The van der Waals surface area contributed by atoms with Gasteiger partial charge in [-0.1, -0.05) is 38.8 Å². The summed E-state index contributed by atoms with van der Waals surface area (Å²) < 4.78 is 0. The zero-order valence-corrected chi connectivity index (χ0v) is 7.27. The Labute approximate surface area is 65.3 Å². The third-order valence-electron chi connectivity index (χ3n) is 1.77. The molecule has 0 fully saturated rings. The summed E-state index contributed by atoms with van der Waals surface area (Å²) in [6, 6.07) is 0. The van der Waals surface area contributed by atoms with Crippen molar-refractivity contribution in [2.45, 2.75) is 39.5 Å². The Morgan fingerprint density at radius 2 is 2.10 bits per heavy atom. The molecular formula is C10H19. The fraction of sp³-hybridized carbons (Fsp3) is 0.700. The molecular weight excluding hydrogens is 120 g/mol. The third kappa shape index (κ3) is 5.87. The minimum absolute atomic E-state index is 0.890. The van der Waals surface area contributed by atoms with Gasteiger partial charge in [-0.2, -0.15) is 0 Å². The number of rotatable bonds is 5. The van der Waals surface area contributed by atoms with E-state index in [-0.39, 0.29) is 0 Å². The molecule has 0 amide bonds. The van der Waals surface area contributed by atoms with E-state index in [4.69, 9.17) is 0 Å². The fourth-order valence-corrected chi connectivity index (χ4v) is 1.14. The van der Waals surface area contributed by atoms with Gasteiger partial charge < -0.3 is 0 Å². The second-order valence-electron chi connectivity index (χ2n) is 2.94. The molecule has 0 aromatic heterocycles. The van der Waals surface area contributed by atoms with Crippen molar-refractivity contribution in [1.29, 1.82) is 0 Å². The topological polar surface area (TPSA) is 0 Å². The molecule has 1 unspecified atom stereocenters. The highest BCUT2D eigenvalue weighted by molar-refractivity contribution is 4.83. The Balaban J connectivity index is 3.12. The van der Waals surface area contributed by atoms with E-state index >= 15 is 0 Å². The summed E-state index contributed by atoms with van der Waals surface area (Å²) in [5.41, 5.74) is 0. The maximum absolute atomic E-state index is 3.65. The van der Waals surface area contributed by atoms with Gasteiger partial charge in [-0.15, -0.1) is 0 Å². The molecule has 0 aliphatic heterocycles. The lowest BCUT2D eigenvalue weighted by Gasteiger charge is -2.06. The first-order valence-electron chi connectivity index (χ1n) is 4.25. The normalized spacial score (nSPS) is 14.3. The average molecular weight is 139 g/mol. The zero-order chi connectivity index (χ0) is 7.82. The molecule has 0 nitrogen and oxygen atoms in total. The van der Waals surface area contributed by atoms with Crippen LogP contribution in [0.4, 0.5) is 0 Å². The maximum Gasteiger partial charge on any atom is -0.0316 e. The van der Waals surface area contributed by atoms with Crippen LogP contribution in [0, 0.1) is 12.8 Å². The molecule has 0 saturated carbocycles. The molecule has 0 heteroatoms. The molecule has 1 atom stereocenters. The van der Waals surface area contributed by atoms with Crippen LogP contribution in [0.1, 0.15) is 39.5 Å². The molecule has 0 saturated heterocycles. The quantitative estimate of drug-likeness (QED) is 0.546. The predicted molar refractivity (Wildman–Crippen MR) is 47.8 cm³/mol. The fourth-order valence-electron chi connectivity index (χ4n) is 1.14. The van der Waals surface area contributed by atoms with Crippen LogP contribution in [0.2, 0.25) is 0 Å². The smallest absolute Gasteiger partial charge is 0.0316 e. The van der Waals surface area contributed by atoms with Crippen molar-refractivity contribution in [3.63, 3.8) is 0 Å². The molecule has 0 aliphatic carbocycles. The molecule has 0 aromatic carbocycles. The Hall–Kier alpha value is -0.260. The largest absolute Gasteiger partial charge is 0.0885 e. The van der Waals surface area contributed by atoms with E-state index in [0.717, 1.165) is 5.92 Å². The molecule has 0 rings (SSSR count). The third-order valence-corrected chi connectivity index (χ3v) is 1.77. The van der Waals surface area contributed by atoms with E-state index in [1.807, 2.05) is 6.08 Å². The van der Waals surface area contributed by atoms with Crippen LogP contribution < -0.4 is 0 Å². The van der Waals surface area contributed by atoms with Crippen LogP contribution >= 0.6 is 0 Å². The summed E-state index contributed by atoms with van der Waals surface area (Å²) in [5.74, 6) is 0.890. The van der Waals surface area contributed by atoms with Crippen molar-refractivity contribution in [3.8, 4) is 0 Å². The maximum atomic E-state index is 3.65. The number of hydrogen-bond acceptors (Lipinski definition) is 0.